The molecule has 1 heterocycles. The molecule has 6 nitrogen and oxygen atoms in total. The van der Waals surface area contributed by atoms with Crippen molar-refractivity contribution < 1.29 is 19.6 Å². The Morgan fingerprint density at radius 3 is 2.71 bits per heavy atom. The minimum absolute atomic E-state index is 0.0878. The number of aliphatic hydroxyl groups is 1. The number of carbonyl (C=O) groups is 1. The van der Waals surface area contributed by atoms with Crippen molar-refractivity contribution in [3.8, 4) is 5.75 Å². The molecule has 2 aliphatic rings. The first-order valence-electron chi connectivity index (χ1n) is 10.3. The zero-order valence-electron chi connectivity index (χ0n) is 16.4. The summed E-state index contributed by atoms with van der Waals surface area (Å²) in [4.78, 5) is 12.6. The summed E-state index contributed by atoms with van der Waals surface area (Å²) < 4.78 is 5.64. The summed E-state index contributed by atoms with van der Waals surface area (Å²) in [6.45, 7) is 5.04. The van der Waals surface area contributed by atoms with Crippen molar-refractivity contribution in [1.29, 1.82) is 0 Å². The average Bonchev–Trinajstić information content (AvgIpc) is 2.67. The molecule has 0 amide bonds. The van der Waals surface area contributed by atoms with Crippen LogP contribution in [0.4, 0.5) is 0 Å². The molecule has 3 rings (SSSR count). The van der Waals surface area contributed by atoms with Gasteiger partial charge in [0.25, 0.3) is 0 Å². The number of nitrogens with two attached hydrogens (primary N) is 1. The van der Waals surface area contributed by atoms with E-state index in [1.807, 2.05) is 12.1 Å². The number of fused-ring (bicyclic) bond motifs is 1. The van der Waals surface area contributed by atoms with E-state index in [1.54, 1.807) is 6.07 Å². The Morgan fingerprint density at radius 2 is 2.04 bits per heavy atom. The van der Waals surface area contributed by atoms with Gasteiger partial charge in [-0.25, -0.2) is 0 Å². The first kappa shape index (κ1) is 20.9. The van der Waals surface area contributed by atoms with Crippen LogP contribution in [0.3, 0.4) is 0 Å². The molecule has 0 radical (unpaired) electrons. The highest BCUT2D eigenvalue weighted by molar-refractivity contribution is 6.46. The number of aliphatic hydroxyl groups excluding tert-OH is 1. The van der Waals surface area contributed by atoms with E-state index >= 15 is 0 Å². The van der Waals surface area contributed by atoms with E-state index in [2.05, 4.69) is 11.9 Å². The molecule has 152 valence electrons. The van der Waals surface area contributed by atoms with E-state index in [0.29, 0.717) is 49.1 Å². The van der Waals surface area contributed by atoms with Crippen LogP contribution < -0.4 is 15.7 Å². The van der Waals surface area contributed by atoms with Crippen molar-refractivity contribution >= 4 is 18.7 Å². The fourth-order valence-corrected chi connectivity index (χ4v) is 4.44. The minimum atomic E-state index is -1.05. The van der Waals surface area contributed by atoms with Crippen LogP contribution in [0, 0.1) is 5.92 Å². The number of carbonyl (C=O) groups excluding carboxylic acids is 1. The van der Waals surface area contributed by atoms with E-state index in [4.69, 9.17) is 10.4 Å². The van der Waals surface area contributed by atoms with E-state index in [1.165, 1.54) is 0 Å². The smallest absolute Gasteiger partial charge is 0.526 e. The second kappa shape index (κ2) is 9.59. The number of Topliss-reactive ketones (excluding diaryl/α,β-unsaturated/α-hetero) is 1. The number of hydrogen-bond acceptors (Lipinski definition) is 6. The first-order chi connectivity index (χ1) is 13.5. The molecule has 1 aliphatic carbocycles. The lowest BCUT2D eigenvalue weighted by Gasteiger charge is -2.30. The molecule has 0 aromatic heterocycles. The Hall–Kier alpha value is -1.83. The standard InChI is InChI=1S/C21H31BN2O4/c1-14(25)20-4-2-3-16-12-17(22(27)28-21(16)20)13-19(26)11-15-5-7-18(8-6-15)24-10-9-23/h2-4,15,17-18,24-25,27H,1,5-13,23H2/t15?,17-,18?/m1/s1. The summed E-state index contributed by atoms with van der Waals surface area (Å²) in [6.07, 6.45) is 5.75. The lowest BCUT2D eigenvalue weighted by atomic mass is 9.64. The molecule has 1 saturated carbocycles. The van der Waals surface area contributed by atoms with Gasteiger partial charge >= 0.3 is 7.12 Å². The third kappa shape index (κ3) is 5.16. The van der Waals surface area contributed by atoms with Crippen LogP contribution in [0.1, 0.15) is 49.7 Å². The number of rotatable bonds is 8. The van der Waals surface area contributed by atoms with Gasteiger partial charge in [0.2, 0.25) is 0 Å². The monoisotopic (exact) mass is 386 g/mol. The second-order valence-corrected chi connectivity index (χ2v) is 8.12. The van der Waals surface area contributed by atoms with Gasteiger partial charge in [0, 0.05) is 37.8 Å². The van der Waals surface area contributed by atoms with Gasteiger partial charge in [-0.15, -0.1) is 0 Å². The lowest BCUT2D eigenvalue weighted by molar-refractivity contribution is -0.120. The Balaban J connectivity index is 1.51. The quantitative estimate of drug-likeness (QED) is 0.404. The van der Waals surface area contributed by atoms with Gasteiger partial charge < -0.3 is 25.8 Å². The number of nitrogens with one attached hydrogen (secondary N) is 1. The van der Waals surface area contributed by atoms with E-state index < -0.39 is 7.12 Å². The van der Waals surface area contributed by atoms with Gasteiger partial charge in [0.1, 0.15) is 17.3 Å². The minimum Gasteiger partial charge on any atom is -0.535 e. The average molecular weight is 386 g/mol. The second-order valence-electron chi connectivity index (χ2n) is 8.12. The highest BCUT2D eigenvalue weighted by atomic mass is 16.5. The molecule has 28 heavy (non-hydrogen) atoms. The molecule has 1 aromatic carbocycles. The fourth-order valence-electron chi connectivity index (χ4n) is 4.44. The molecule has 0 spiro atoms. The van der Waals surface area contributed by atoms with E-state index in [0.717, 1.165) is 37.8 Å². The van der Waals surface area contributed by atoms with Crippen LogP contribution in [0.15, 0.2) is 24.8 Å². The van der Waals surface area contributed by atoms with Crippen LogP contribution in [0.5, 0.6) is 5.75 Å². The van der Waals surface area contributed by atoms with Crippen molar-refractivity contribution in [3.05, 3.63) is 35.9 Å². The number of para-hydroxylation sites is 1. The van der Waals surface area contributed by atoms with Crippen LogP contribution in [-0.4, -0.2) is 42.2 Å². The summed E-state index contributed by atoms with van der Waals surface area (Å²) in [5.74, 6) is 0.744. The summed E-state index contributed by atoms with van der Waals surface area (Å²) in [6, 6.07) is 5.96. The maximum atomic E-state index is 12.6. The zero-order chi connectivity index (χ0) is 20.1. The predicted molar refractivity (Wildman–Crippen MR) is 111 cm³/mol. The molecule has 1 atom stereocenters. The zero-order valence-corrected chi connectivity index (χ0v) is 16.4. The molecule has 0 unspecified atom stereocenters. The van der Waals surface area contributed by atoms with Crippen LogP contribution >= 0.6 is 0 Å². The molecule has 1 aliphatic heterocycles. The Bertz CT molecular complexity index is 704. The maximum Gasteiger partial charge on any atom is 0.526 e. The predicted octanol–water partition coefficient (Wildman–Crippen LogP) is 2.46. The van der Waals surface area contributed by atoms with Crippen LogP contribution in [0.25, 0.3) is 5.76 Å². The highest BCUT2D eigenvalue weighted by Gasteiger charge is 2.37. The number of ketones is 1. The number of benzene rings is 1. The van der Waals surface area contributed by atoms with Gasteiger partial charge in [-0.05, 0) is 49.7 Å². The van der Waals surface area contributed by atoms with E-state index in [9.17, 15) is 14.9 Å². The molecule has 5 N–H and O–H groups in total. The van der Waals surface area contributed by atoms with Gasteiger partial charge in [0.05, 0.1) is 5.56 Å². The van der Waals surface area contributed by atoms with Gasteiger partial charge in [0.15, 0.2) is 0 Å². The highest BCUT2D eigenvalue weighted by Crippen LogP contribution is 2.38. The number of hydrogen-bond donors (Lipinski definition) is 4. The maximum absolute atomic E-state index is 12.6. The van der Waals surface area contributed by atoms with Gasteiger partial charge in [-0.2, -0.15) is 0 Å². The third-order valence-corrected chi connectivity index (χ3v) is 5.96. The molecular formula is C21H31BN2O4. The fraction of sp³-hybridized carbons (Fsp3) is 0.571. The van der Waals surface area contributed by atoms with Crippen molar-refractivity contribution in [1.82, 2.24) is 5.32 Å². The lowest BCUT2D eigenvalue weighted by Crippen LogP contribution is -2.37. The summed E-state index contributed by atoms with van der Waals surface area (Å²) in [5.41, 5.74) is 6.92. The molecular weight excluding hydrogens is 355 g/mol. The Labute approximate surface area is 167 Å². The van der Waals surface area contributed by atoms with Crippen LogP contribution in [0.2, 0.25) is 5.82 Å². The normalized spacial score (nSPS) is 24.4. The summed E-state index contributed by atoms with van der Waals surface area (Å²) in [7, 11) is -1.05. The SMILES string of the molecule is C=C(O)c1cccc2c1OB(O)[C@@H](CC(=O)CC1CCC(NCCN)CC1)C2. The topological polar surface area (TPSA) is 105 Å². The molecule has 0 bridgehead atoms. The summed E-state index contributed by atoms with van der Waals surface area (Å²) >= 11 is 0. The largest absolute Gasteiger partial charge is 0.535 e. The van der Waals surface area contributed by atoms with E-state index in [-0.39, 0.29) is 17.4 Å². The summed E-state index contributed by atoms with van der Waals surface area (Å²) in [5, 5.41) is 23.5. The molecule has 0 saturated heterocycles. The van der Waals surface area contributed by atoms with Gasteiger partial charge in [-0.3, -0.25) is 4.79 Å². The van der Waals surface area contributed by atoms with Crippen molar-refractivity contribution in [2.75, 3.05) is 13.1 Å². The van der Waals surface area contributed by atoms with Gasteiger partial charge in [-0.1, -0.05) is 18.7 Å². The molecule has 1 fully saturated rings. The third-order valence-electron chi connectivity index (χ3n) is 5.96. The van der Waals surface area contributed by atoms with Crippen molar-refractivity contribution in [3.63, 3.8) is 0 Å². The van der Waals surface area contributed by atoms with Crippen LogP contribution in [-0.2, 0) is 11.2 Å². The molecule has 1 aromatic rings. The Kier molecular flexibility index (Phi) is 7.16. The van der Waals surface area contributed by atoms with Crippen molar-refractivity contribution in [2.24, 2.45) is 11.7 Å². The molecule has 7 heteroatoms. The first-order valence-corrected chi connectivity index (χ1v) is 10.3. The Morgan fingerprint density at radius 1 is 1.29 bits per heavy atom. The van der Waals surface area contributed by atoms with Crippen molar-refractivity contribution in [2.45, 2.75) is 56.8 Å².